The van der Waals surface area contributed by atoms with Gasteiger partial charge in [0.2, 0.25) is 0 Å². The Bertz CT molecular complexity index is 630. The van der Waals surface area contributed by atoms with Crippen molar-refractivity contribution >= 4 is 23.7 Å². The Morgan fingerprint density at radius 1 is 0.727 bits per heavy atom. The monoisotopic (exact) mass is 472 g/mol. The molecular formula is C25H44O8. The standard InChI is InChI=1S/C25H44O8/c1-4-5-12-16-20(26)24(22(29)30,25(33,23(31)32)18-21(27)28)17-14-11-9-7-6-8-10-13-15-19(2)3/h19,33H,4-18H2,1-3H3,(H,27,28)(H,29,30)(H,31,32). The number of carboxylic acids is 3. The average molecular weight is 473 g/mol. The molecule has 0 radical (unpaired) electrons. The van der Waals surface area contributed by atoms with Gasteiger partial charge in [0, 0.05) is 6.42 Å². The van der Waals surface area contributed by atoms with Crippen molar-refractivity contribution in [1.82, 2.24) is 0 Å². The lowest BCUT2D eigenvalue weighted by Gasteiger charge is -2.39. The number of carbonyl (C=O) groups excluding carboxylic acids is 1. The predicted octanol–water partition coefficient (Wildman–Crippen LogP) is 5.05. The first-order valence-corrected chi connectivity index (χ1v) is 12.4. The Balaban J connectivity index is 5.24. The second-order valence-corrected chi connectivity index (χ2v) is 9.59. The molecule has 0 amide bonds. The SMILES string of the molecule is CCCCCC(=O)C(CCCCCCCCCCC(C)C)(C(=O)O)C(O)(CC(=O)O)C(=O)O. The lowest BCUT2D eigenvalue weighted by atomic mass is 9.63. The first-order valence-electron chi connectivity index (χ1n) is 12.4. The summed E-state index contributed by atoms with van der Waals surface area (Å²) < 4.78 is 0. The number of hydrogen-bond acceptors (Lipinski definition) is 5. The van der Waals surface area contributed by atoms with E-state index in [1.54, 1.807) is 0 Å². The van der Waals surface area contributed by atoms with Gasteiger partial charge >= 0.3 is 17.9 Å². The predicted molar refractivity (Wildman–Crippen MR) is 125 cm³/mol. The molecule has 2 unspecified atom stereocenters. The third-order valence-corrected chi connectivity index (χ3v) is 6.40. The molecule has 0 saturated heterocycles. The van der Waals surface area contributed by atoms with E-state index in [2.05, 4.69) is 13.8 Å². The number of ketones is 1. The van der Waals surface area contributed by atoms with Crippen LogP contribution in [0.1, 0.15) is 117 Å². The summed E-state index contributed by atoms with van der Waals surface area (Å²) in [5.41, 5.74) is -5.91. The van der Waals surface area contributed by atoms with Crippen LogP contribution in [0.3, 0.4) is 0 Å². The maximum Gasteiger partial charge on any atom is 0.338 e. The number of aliphatic carboxylic acids is 3. The number of carboxylic acid groups (broad SMARTS) is 3. The van der Waals surface area contributed by atoms with Crippen molar-refractivity contribution in [2.45, 2.75) is 123 Å². The summed E-state index contributed by atoms with van der Waals surface area (Å²) in [6.07, 6.45) is 8.09. The Morgan fingerprint density at radius 3 is 1.67 bits per heavy atom. The van der Waals surface area contributed by atoms with Crippen molar-refractivity contribution in [3.8, 4) is 0 Å². The van der Waals surface area contributed by atoms with Gasteiger partial charge in [-0.2, -0.15) is 0 Å². The van der Waals surface area contributed by atoms with Crippen LogP contribution in [0.15, 0.2) is 0 Å². The van der Waals surface area contributed by atoms with Crippen LogP contribution in [0.4, 0.5) is 0 Å². The Labute approximate surface area is 197 Å². The molecule has 0 fully saturated rings. The van der Waals surface area contributed by atoms with Crippen molar-refractivity contribution < 1.29 is 39.6 Å². The molecular weight excluding hydrogens is 428 g/mol. The first-order chi connectivity index (χ1) is 15.5. The number of unbranched alkanes of at least 4 members (excludes halogenated alkanes) is 9. The Hall–Kier alpha value is -1.96. The average Bonchev–Trinajstić information content (AvgIpc) is 2.71. The fourth-order valence-corrected chi connectivity index (χ4v) is 4.36. The van der Waals surface area contributed by atoms with Gasteiger partial charge in [-0.15, -0.1) is 0 Å². The summed E-state index contributed by atoms with van der Waals surface area (Å²) >= 11 is 0. The summed E-state index contributed by atoms with van der Waals surface area (Å²) in [4.78, 5) is 48.6. The number of aliphatic hydroxyl groups is 1. The van der Waals surface area contributed by atoms with E-state index in [0.29, 0.717) is 25.2 Å². The minimum atomic E-state index is -3.22. The molecule has 0 saturated carbocycles. The molecule has 8 nitrogen and oxygen atoms in total. The summed E-state index contributed by atoms with van der Waals surface area (Å²) in [7, 11) is 0. The lowest BCUT2D eigenvalue weighted by Crippen LogP contribution is -2.63. The molecule has 0 aliphatic heterocycles. The fraction of sp³-hybridized carbons (Fsp3) is 0.840. The highest BCUT2D eigenvalue weighted by Gasteiger charge is 2.65. The lowest BCUT2D eigenvalue weighted by molar-refractivity contribution is -0.196. The van der Waals surface area contributed by atoms with E-state index in [-0.39, 0.29) is 12.8 Å². The van der Waals surface area contributed by atoms with Crippen LogP contribution >= 0.6 is 0 Å². The normalized spacial score (nSPS) is 15.1. The molecule has 0 aromatic heterocycles. The maximum atomic E-state index is 13.0. The van der Waals surface area contributed by atoms with Crippen molar-refractivity contribution in [2.24, 2.45) is 11.3 Å². The van der Waals surface area contributed by atoms with E-state index < -0.39 is 47.5 Å². The molecule has 192 valence electrons. The van der Waals surface area contributed by atoms with Crippen LogP contribution in [0.5, 0.6) is 0 Å². The largest absolute Gasteiger partial charge is 0.481 e. The molecule has 0 aliphatic rings. The van der Waals surface area contributed by atoms with Crippen LogP contribution in [-0.4, -0.2) is 49.7 Å². The van der Waals surface area contributed by atoms with E-state index in [0.717, 1.165) is 32.1 Å². The van der Waals surface area contributed by atoms with Gasteiger partial charge in [0.25, 0.3) is 0 Å². The molecule has 33 heavy (non-hydrogen) atoms. The highest BCUT2D eigenvalue weighted by atomic mass is 16.4. The van der Waals surface area contributed by atoms with E-state index >= 15 is 0 Å². The van der Waals surface area contributed by atoms with Gasteiger partial charge in [0.1, 0.15) is 0 Å². The molecule has 0 rings (SSSR count). The second kappa shape index (κ2) is 15.8. The molecule has 0 aliphatic carbocycles. The Morgan fingerprint density at radius 2 is 1.24 bits per heavy atom. The van der Waals surface area contributed by atoms with Crippen molar-refractivity contribution in [1.29, 1.82) is 0 Å². The zero-order chi connectivity index (χ0) is 25.5. The van der Waals surface area contributed by atoms with Crippen LogP contribution < -0.4 is 0 Å². The second-order valence-electron chi connectivity index (χ2n) is 9.59. The number of Topliss-reactive ketones (excluding diaryl/α,β-unsaturated/α-hetero) is 1. The van der Waals surface area contributed by atoms with Gasteiger partial charge in [0.05, 0.1) is 6.42 Å². The molecule has 0 spiro atoms. The number of hydrogen-bond donors (Lipinski definition) is 4. The third-order valence-electron chi connectivity index (χ3n) is 6.40. The Kier molecular flexibility index (Phi) is 14.9. The van der Waals surface area contributed by atoms with Gasteiger partial charge in [-0.25, -0.2) is 4.79 Å². The van der Waals surface area contributed by atoms with Crippen molar-refractivity contribution in [2.75, 3.05) is 0 Å². The van der Waals surface area contributed by atoms with E-state index in [1.807, 2.05) is 6.92 Å². The van der Waals surface area contributed by atoms with Gasteiger partial charge in [-0.1, -0.05) is 91.4 Å². The highest BCUT2D eigenvalue weighted by Crippen LogP contribution is 2.43. The van der Waals surface area contributed by atoms with Gasteiger partial charge in [-0.3, -0.25) is 14.4 Å². The quantitative estimate of drug-likeness (QED) is 0.134. The van der Waals surface area contributed by atoms with E-state index in [4.69, 9.17) is 0 Å². The molecule has 2 atom stereocenters. The third kappa shape index (κ3) is 9.82. The maximum absolute atomic E-state index is 13.0. The zero-order valence-corrected chi connectivity index (χ0v) is 20.6. The summed E-state index contributed by atoms with van der Waals surface area (Å²) in [6.45, 7) is 6.30. The number of rotatable bonds is 21. The van der Waals surface area contributed by atoms with Crippen LogP contribution in [-0.2, 0) is 19.2 Å². The first kappa shape index (κ1) is 31.0. The minimum absolute atomic E-state index is 0.217. The smallest absolute Gasteiger partial charge is 0.338 e. The van der Waals surface area contributed by atoms with Crippen LogP contribution in [0.2, 0.25) is 0 Å². The van der Waals surface area contributed by atoms with Gasteiger partial charge in [0.15, 0.2) is 16.8 Å². The summed E-state index contributed by atoms with van der Waals surface area (Å²) in [6, 6.07) is 0. The van der Waals surface area contributed by atoms with Crippen LogP contribution in [0.25, 0.3) is 0 Å². The van der Waals surface area contributed by atoms with Gasteiger partial charge < -0.3 is 20.4 Å². The molecule has 4 N–H and O–H groups in total. The topological polar surface area (TPSA) is 149 Å². The van der Waals surface area contributed by atoms with Gasteiger partial charge in [-0.05, 0) is 18.8 Å². The zero-order valence-electron chi connectivity index (χ0n) is 20.6. The van der Waals surface area contributed by atoms with Crippen molar-refractivity contribution in [3.05, 3.63) is 0 Å². The molecule has 0 aromatic carbocycles. The summed E-state index contributed by atoms with van der Waals surface area (Å²) in [5, 5.41) is 39.6. The highest BCUT2D eigenvalue weighted by molar-refractivity contribution is 6.09. The fourth-order valence-electron chi connectivity index (χ4n) is 4.36. The number of carbonyl (C=O) groups is 4. The molecule has 0 heterocycles. The van der Waals surface area contributed by atoms with E-state index in [9.17, 15) is 39.6 Å². The van der Waals surface area contributed by atoms with Crippen LogP contribution in [0, 0.1) is 11.3 Å². The van der Waals surface area contributed by atoms with E-state index in [1.165, 1.54) is 19.3 Å². The molecule has 0 bridgehead atoms. The minimum Gasteiger partial charge on any atom is -0.481 e. The molecule has 8 heteroatoms. The molecule has 0 aromatic rings. The summed E-state index contributed by atoms with van der Waals surface area (Å²) in [5.74, 6) is -5.67. The van der Waals surface area contributed by atoms with Crippen molar-refractivity contribution in [3.63, 3.8) is 0 Å².